The van der Waals surface area contributed by atoms with Crippen LogP contribution < -0.4 is 15.0 Å². The van der Waals surface area contributed by atoms with Gasteiger partial charge in [-0.1, -0.05) is 13.3 Å². The molecule has 27 heavy (non-hydrogen) atoms. The van der Waals surface area contributed by atoms with Crippen molar-refractivity contribution in [1.82, 2.24) is 9.78 Å². The SMILES string of the molecule is CCCCn1nc(C(=O)OCC(=O)c2cc(OC)ccc2OC)ccc1=O. The van der Waals surface area contributed by atoms with E-state index in [0.717, 1.165) is 12.8 Å². The molecule has 0 atom stereocenters. The van der Waals surface area contributed by atoms with Gasteiger partial charge in [-0.15, -0.1) is 0 Å². The van der Waals surface area contributed by atoms with E-state index in [-0.39, 0.29) is 16.8 Å². The smallest absolute Gasteiger partial charge is 0.359 e. The number of aromatic nitrogens is 2. The predicted molar refractivity (Wildman–Crippen MR) is 97.6 cm³/mol. The summed E-state index contributed by atoms with van der Waals surface area (Å²) in [6.07, 6.45) is 1.65. The Hall–Kier alpha value is -3.16. The molecule has 8 heteroatoms. The number of carbonyl (C=O) groups is 2. The van der Waals surface area contributed by atoms with Gasteiger partial charge in [-0.3, -0.25) is 9.59 Å². The van der Waals surface area contributed by atoms with Crippen LogP contribution in [-0.2, 0) is 11.3 Å². The number of hydrogen-bond donors (Lipinski definition) is 0. The lowest BCUT2D eigenvalue weighted by Gasteiger charge is -2.10. The van der Waals surface area contributed by atoms with E-state index in [9.17, 15) is 14.4 Å². The molecule has 1 aromatic carbocycles. The highest BCUT2D eigenvalue weighted by molar-refractivity contribution is 6.01. The lowest BCUT2D eigenvalue weighted by molar-refractivity contribution is 0.0465. The number of unbranched alkanes of at least 4 members (excludes halogenated alkanes) is 1. The summed E-state index contributed by atoms with van der Waals surface area (Å²) in [7, 11) is 2.92. The van der Waals surface area contributed by atoms with Gasteiger partial charge >= 0.3 is 5.97 Å². The van der Waals surface area contributed by atoms with Crippen molar-refractivity contribution in [2.24, 2.45) is 0 Å². The maximum absolute atomic E-state index is 12.4. The number of carbonyl (C=O) groups excluding carboxylic acids is 2. The highest BCUT2D eigenvalue weighted by atomic mass is 16.5. The third kappa shape index (κ3) is 5.16. The summed E-state index contributed by atoms with van der Waals surface area (Å²) in [6, 6.07) is 7.30. The first kappa shape index (κ1) is 20.2. The van der Waals surface area contributed by atoms with Crippen molar-refractivity contribution >= 4 is 11.8 Å². The molecule has 0 aliphatic carbocycles. The van der Waals surface area contributed by atoms with E-state index in [1.54, 1.807) is 12.1 Å². The van der Waals surface area contributed by atoms with Crippen LogP contribution in [0.4, 0.5) is 0 Å². The van der Waals surface area contributed by atoms with Crippen LogP contribution in [0.25, 0.3) is 0 Å². The maximum atomic E-state index is 12.4. The summed E-state index contributed by atoms with van der Waals surface area (Å²) in [6.45, 7) is 1.91. The lowest BCUT2D eigenvalue weighted by Crippen LogP contribution is -2.25. The average molecular weight is 374 g/mol. The molecule has 0 aliphatic rings. The highest BCUT2D eigenvalue weighted by Crippen LogP contribution is 2.24. The Morgan fingerprint density at radius 2 is 1.89 bits per heavy atom. The summed E-state index contributed by atoms with van der Waals surface area (Å²) < 4.78 is 16.5. The van der Waals surface area contributed by atoms with E-state index in [4.69, 9.17) is 14.2 Å². The second-order valence-electron chi connectivity index (χ2n) is 5.70. The molecule has 0 saturated heterocycles. The summed E-state index contributed by atoms with van der Waals surface area (Å²) in [5.41, 5.74) is -0.0844. The molecule has 0 saturated carbocycles. The van der Waals surface area contributed by atoms with E-state index in [0.29, 0.717) is 18.0 Å². The fraction of sp³-hybridized carbons (Fsp3) is 0.368. The zero-order valence-corrected chi connectivity index (χ0v) is 15.6. The molecule has 0 fully saturated rings. The van der Waals surface area contributed by atoms with Gasteiger partial charge in [-0.05, 0) is 30.7 Å². The van der Waals surface area contributed by atoms with Crippen LogP contribution in [0.5, 0.6) is 11.5 Å². The molecule has 0 unspecified atom stereocenters. The number of methoxy groups -OCH3 is 2. The molecule has 0 aliphatic heterocycles. The van der Waals surface area contributed by atoms with Gasteiger partial charge in [-0.25, -0.2) is 9.48 Å². The fourth-order valence-electron chi connectivity index (χ4n) is 2.34. The zero-order chi connectivity index (χ0) is 19.8. The molecular weight excluding hydrogens is 352 g/mol. The number of hydrogen-bond acceptors (Lipinski definition) is 7. The molecule has 0 amide bonds. The van der Waals surface area contributed by atoms with Crippen molar-refractivity contribution < 1.29 is 23.8 Å². The monoisotopic (exact) mass is 374 g/mol. The normalized spacial score (nSPS) is 10.3. The van der Waals surface area contributed by atoms with E-state index in [2.05, 4.69) is 5.10 Å². The number of nitrogens with zero attached hydrogens (tertiary/aromatic N) is 2. The Morgan fingerprint density at radius 3 is 2.56 bits per heavy atom. The van der Waals surface area contributed by atoms with Crippen LogP contribution in [0.3, 0.4) is 0 Å². The number of rotatable bonds is 9. The highest BCUT2D eigenvalue weighted by Gasteiger charge is 2.18. The van der Waals surface area contributed by atoms with Crippen LogP contribution in [0.15, 0.2) is 35.1 Å². The number of esters is 1. The van der Waals surface area contributed by atoms with Gasteiger partial charge in [0.05, 0.1) is 19.8 Å². The van der Waals surface area contributed by atoms with Gasteiger partial charge in [0.1, 0.15) is 11.5 Å². The van der Waals surface area contributed by atoms with Crippen molar-refractivity contribution in [3.63, 3.8) is 0 Å². The fourth-order valence-corrected chi connectivity index (χ4v) is 2.34. The van der Waals surface area contributed by atoms with Crippen LogP contribution >= 0.6 is 0 Å². The standard InChI is InChI=1S/C19H22N2O6/c1-4-5-10-21-18(23)9-7-15(20-21)19(24)27-12-16(22)14-11-13(25-2)6-8-17(14)26-3/h6-9,11H,4-5,10,12H2,1-3H3. The molecule has 2 rings (SSSR count). The first-order valence-corrected chi connectivity index (χ1v) is 8.50. The van der Waals surface area contributed by atoms with Crippen molar-refractivity contribution in [3.8, 4) is 11.5 Å². The van der Waals surface area contributed by atoms with Crippen molar-refractivity contribution in [3.05, 3.63) is 51.9 Å². The topological polar surface area (TPSA) is 96.7 Å². The van der Waals surface area contributed by atoms with Gasteiger partial charge in [0.25, 0.3) is 5.56 Å². The minimum Gasteiger partial charge on any atom is -0.497 e. The van der Waals surface area contributed by atoms with Crippen LogP contribution in [-0.4, -0.2) is 42.4 Å². The van der Waals surface area contributed by atoms with Crippen molar-refractivity contribution in [2.75, 3.05) is 20.8 Å². The van der Waals surface area contributed by atoms with Crippen molar-refractivity contribution in [2.45, 2.75) is 26.3 Å². The minimum atomic E-state index is -0.782. The van der Waals surface area contributed by atoms with E-state index in [1.807, 2.05) is 6.92 Å². The zero-order valence-electron chi connectivity index (χ0n) is 15.6. The quantitative estimate of drug-likeness (QED) is 0.490. The van der Waals surface area contributed by atoms with Crippen LogP contribution in [0, 0.1) is 0 Å². The number of ketones is 1. The Kier molecular flexibility index (Phi) is 7.10. The third-order valence-electron chi connectivity index (χ3n) is 3.84. The number of benzene rings is 1. The first-order valence-electron chi connectivity index (χ1n) is 8.50. The molecule has 0 radical (unpaired) electrons. The second-order valence-corrected chi connectivity index (χ2v) is 5.70. The maximum Gasteiger partial charge on any atom is 0.359 e. The molecule has 2 aromatic rings. The molecule has 0 bridgehead atoms. The molecule has 0 spiro atoms. The van der Waals surface area contributed by atoms with Crippen LogP contribution in [0.1, 0.15) is 40.6 Å². The Morgan fingerprint density at radius 1 is 1.11 bits per heavy atom. The molecule has 144 valence electrons. The van der Waals surface area contributed by atoms with E-state index in [1.165, 1.54) is 37.1 Å². The lowest BCUT2D eigenvalue weighted by atomic mass is 10.1. The van der Waals surface area contributed by atoms with E-state index < -0.39 is 18.4 Å². The molecule has 0 N–H and O–H groups in total. The summed E-state index contributed by atoms with van der Waals surface area (Å²) >= 11 is 0. The third-order valence-corrected chi connectivity index (χ3v) is 3.84. The molecule has 1 aromatic heterocycles. The van der Waals surface area contributed by atoms with Gasteiger partial charge < -0.3 is 14.2 Å². The van der Waals surface area contributed by atoms with Gasteiger partial charge in [-0.2, -0.15) is 5.10 Å². The van der Waals surface area contributed by atoms with Gasteiger partial charge in [0.2, 0.25) is 5.78 Å². The largest absolute Gasteiger partial charge is 0.497 e. The van der Waals surface area contributed by atoms with Gasteiger partial charge in [0, 0.05) is 12.6 Å². The van der Waals surface area contributed by atoms with Crippen LogP contribution in [0.2, 0.25) is 0 Å². The second kappa shape index (κ2) is 9.51. The summed E-state index contributed by atoms with van der Waals surface area (Å²) in [4.78, 5) is 36.3. The average Bonchev–Trinajstić information content (AvgIpc) is 2.70. The number of Topliss-reactive ketones (excluding diaryl/α,β-unsaturated/α-hetero) is 1. The number of aryl methyl sites for hydroxylation is 1. The van der Waals surface area contributed by atoms with E-state index >= 15 is 0 Å². The minimum absolute atomic E-state index is 0.0314. The molecular formula is C19H22N2O6. The summed E-state index contributed by atoms with van der Waals surface area (Å²) in [5, 5.41) is 4.00. The Labute approximate surface area is 156 Å². The molecule has 8 nitrogen and oxygen atoms in total. The van der Waals surface area contributed by atoms with Gasteiger partial charge in [0.15, 0.2) is 12.3 Å². The Balaban J connectivity index is 2.09. The Bertz CT molecular complexity index is 875. The predicted octanol–water partition coefficient (Wildman–Crippen LogP) is 2.10. The molecule has 1 heterocycles. The van der Waals surface area contributed by atoms with Crippen molar-refractivity contribution in [1.29, 1.82) is 0 Å². The summed E-state index contributed by atoms with van der Waals surface area (Å²) in [5.74, 6) is -0.396. The first-order chi connectivity index (χ1) is 13.0. The number of ether oxygens (including phenoxy) is 3.